The Morgan fingerprint density at radius 3 is 3.04 bits per heavy atom. The molecule has 0 bridgehead atoms. The average Bonchev–Trinajstić information content (AvgIpc) is 3.29. The summed E-state index contributed by atoms with van der Waals surface area (Å²) in [6.45, 7) is 5.78. The van der Waals surface area contributed by atoms with E-state index >= 15 is 0 Å². The first-order chi connectivity index (χ1) is 12.2. The Kier molecular flexibility index (Phi) is 5.83. The highest BCUT2D eigenvalue weighted by Crippen LogP contribution is 2.23. The van der Waals surface area contributed by atoms with Gasteiger partial charge < -0.3 is 14.0 Å². The van der Waals surface area contributed by atoms with Crippen molar-refractivity contribution in [3.8, 4) is 0 Å². The third-order valence-electron chi connectivity index (χ3n) is 4.74. The predicted octanol–water partition coefficient (Wildman–Crippen LogP) is 2.58. The van der Waals surface area contributed by atoms with E-state index in [1.165, 1.54) is 0 Å². The van der Waals surface area contributed by atoms with Gasteiger partial charge in [-0.15, -0.1) is 0 Å². The van der Waals surface area contributed by atoms with E-state index in [0.717, 1.165) is 56.8 Å². The molecule has 7 nitrogen and oxygen atoms in total. The van der Waals surface area contributed by atoms with Gasteiger partial charge in [-0.1, -0.05) is 19.0 Å². The van der Waals surface area contributed by atoms with Crippen molar-refractivity contribution in [3.05, 3.63) is 29.9 Å². The summed E-state index contributed by atoms with van der Waals surface area (Å²) in [6.07, 6.45) is 9.66. The fourth-order valence-electron chi connectivity index (χ4n) is 3.45. The van der Waals surface area contributed by atoms with Gasteiger partial charge in [0.2, 0.25) is 11.8 Å². The highest BCUT2D eigenvalue weighted by molar-refractivity contribution is 5.76. The minimum Gasteiger partial charge on any atom is -0.341 e. The Hall–Kier alpha value is -2.18. The summed E-state index contributed by atoms with van der Waals surface area (Å²) in [5.74, 6) is 2.55. The van der Waals surface area contributed by atoms with Crippen molar-refractivity contribution in [2.75, 3.05) is 13.1 Å². The maximum absolute atomic E-state index is 12.6. The van der Waals surface area contributed by atoms with Gasteiger partial charge in [0.1, 0.15) is 5.82 Å². The number of nitrogens with zero attached hydrogens (tertiary/aromatic N) is 5. The highest BCUT2D eigenvalue weighted by Gasteiger charge is 2.25. The monoisotopic (exact) mass is 345 g/mol. The molecule has 1 aliphatic rings. The lowest BCUT2D eigenvalue weighted by molar-refractivity contribution is -0.132. The summed E-state index contributed by atoms with van der Waals surface area (Å²) in [5, 5.41) is 3.94. The number of likely N-dealkylation sites (tertiary alicyclic amines) is 1. The third kappa shape index (κ3) is 4.27. The average molecular weight is 345 g/mol. The van der Waals surface area contributed by atoms with E-state index in [1.54, 1.807) is 0 Å². The van der Waals surface area contributed by atoms with Crippen LogP contribution in [0.5, 0.6) is 0 Å². The van der Waals surface area contributed by atoms with Gasteiger partial charge >= 0.3 is 0 Å². The van der Waals surface area contributed by atoms with Crippen LogP contribution in [0.4, 0.5) is 0 Å². The molecular weight excluding hydrogens is 318 g/mol. The van der Waals surface area contributed by atoms with Gasteiger partial charge in [0.25, 0.3) is 0 Å². The molecule has 2 aromatic rings. The first-order valence-corrected chi connectivity index (χ1v) is 9.32. The fourth-order valence-corrected chi connectivity index (χ4v) is 3.45. The molecule has 1 fully saturated rings. The number of carbonyl (C=O) groups excluding carboxylic acids is 1. The zero-order valence-corrected chi connectivity index (χ0v) is 15.1. The third-order valence-corrected chi connectivity index (χ3v) is 4.74. The number of imidazole rings is 1. The Morgan fingerprint density at radius 2 is 2.24 bits per heavy atom. The summed E-state index contributed by atoms with van der Waals surface area (Å²) in [4.78, 5) is 23.3. The van der Waals surface area contributed by atoms with Crippen LogP contribution in [0.1, 0.15) is 63.1 Å². The van der Waals surface area contributed by atoms with Crippen LogP contribution in [-0.4, -0.2) is 43.6 Å². The van der Waals surface area contributed by atoms with Crippen molar-refractivity contribution in [1.29, 1.82) is 0 Å². The van der Waals surface area contributed by atoms with E-state index in [0.29, 0.717) is 24.8 Å². The largest absolute Gasteiger partial charge is 0.341 e. The maximum atomic E-state index is 12.6. The number of carbonyl (C=O) groups is 1. The molecular formula is C18H27N5O2. The lowest BCUT2D eigenvalue weighted by Crippen LogP contribution is -2.41. The van der Waals surface area contributed by atoms with Gasteiger partial charge in [-0.25, -0.2) is 4.98 Å². The molecule has 0 radical (unpaired) electrons. The van der Waals surface area contributed by atoms with E-state index in [4.69, 9.17) is 4.52 Å². The zero-order chi connectivity index (χ0) is 17.6. The zero-order valence-electron chi connectivity index (χ0n) is 15.1. The standard InChI is InChI=1S/C18H27N5O2/c1-3-6-15-20-17(25-21-15)8-9-18(24)22-11-5-7-14(13-22)23-12-10-19-16(23)4-2/h10,12,14H,3-9,11,13H2,1-2H3/t14-/m1/s1. The predicted molar refractivity (Wildman–Crippen MR) is 93.1 cm³/mol. The Bertz CT molecular complexity index is 693. The number of hydrogen-bond donors (Lipinski definition) is 0. The Morgan fingerprint density at radius 1 is 1.36 bits per heavy atom. The molecule has 1 saturated heterocycles. The molecule has 1 atom stereocenters. The van der Waals surface area contributed by atoms with Crippen LogP contribution in [0.3, 0.4) is 0 Å². The summed E-state index contributed by atoms with van der Waals surface area (Å²) in [5.41, 5.74) is 0. The van der Waals surface area contributed by atoms with Crippen molar-refractivity contribution in [2.24, 2.45) is 0 Å². The van der Waals surface area contributed by atoms with Crippen LogP contribution in [0.2, 0.25) is 0 Å². The molecule has 3 heterocycles. The number of piperidine rings is 1. The summed E-state index contributed by atoms with van der Waals surface area (Å²) in [7, 11) is 0. The summed E-state index contributed by atoms with van der Waals surface area (Å²) in [6, 6.07) is 0.328. The van der Waals surface area contributed by atoms with Crippen molar-refractivity contribution < 1.29 is 9.32 Å². The molecule has 25 heavy (non-hydrogen) atoms. The second-order valence-corrected chi connectivity index (χ2v) is 6.59. The Balaban J connectivity index is 1.54. The minimum atomic E-state index is 0.165. The van der Waals surface area contributed by atoms with Gasteiger partial charge in [-0.2, -0.15) is 4.98 Å². The van der Waals surface area contributed by atoms with Gasteiger partial charge in [-0.05, 0) is 19.3 Å². The summed E-state index contributed by atoms with van der Waals surface area (Å²) >= 11 is 0. The molecule has 1 aliphatic heterocycles. The normalized spacial score (nSPS) is 17.8. The van der Waals surface area contributed by atoms with Gasteiger partial charge in [0.15, 0.2) is 5.82 Å². The molecule has 0 N–H and O–H groups in total. The van der Waals surface area contributed by atoms with Crippen LogP contribution in [-0.2, 0) is 24.1 Å². The number of hydrogen-bond acceptors (Lipinski definition) is 5. The molecule has 3 rings (SSSR count). The lowest BCUT2D eigenvalue weighted by atomic mass is 10.0. The quantitative estimate of drug-likeness (QED) is 0.771. The maximum Gasteiger partial charge on any atom is 0.227 e. The number of aryl methyl sites for hydroxylation is 3. The molecule has 0 aliphatic carbocycles. The summed E-state index contributed by atoms with van der Waals surface area (Å²) < 4.78 is 7.45. The second kappa shape index (κ2) is 8.27. The van der Waals surface area contributed by atoms with Crippen molar-refractivity contribution in [2.45, 2.75) is 64.8 Å². The van der Waals surface area contributed by atoms with Crippen LogP contribution >= 0.6 is 0 Å². The van der Waals surface area contributed by atoms with E-state index < -0.39 is 0 Å². The molecule has 1 amide bonds. The first kappa shape index (κ1) is 17.6. The van der Waals surface area contributed by atoms with Gasteiger partial charge in [-0.3, -0.25) is 4.79 Å². The smallest absolute Gasteiger partial charge is 0.227 e. The van der Waals surface area contributed by atoms with Crippen molar-refractivity contribution >= 4 is 5.91 Å². The topological polar surface area (TPSA) is 77.0 Å². The molecule has 0 unspecified atom stereocenters. The number of rotatable bonds is 7. The van der Waals surface area contributed by atoms with Crippen LogP contribution in [0, 0.1) is 0 Å². The van der Waals surface area contributed by atoms with Crippen molar-refractivity contribution in [3.63, 3.8) is 0 Å². The van der Waals surface area contributed by atoms with Crippen LogP contribution in [0.15, 0.2) is 16.9 Å². The van der Waals surface area contributed by atoms with Crippen LogP contribution in [0.25, 0.3) is 0 Å². The van der Waals surface area contributed by atoms with Crippen molar-refractivity contribution in [1.82, 2.24) is 24.6 Å². The molecule has 136 valence electrons. The molecule has 0 saturated carbocycles. The molecule has 0 aromatic carbocycles. The molecule has 7 heteroatoms. The van der Waals surface area contributed by atoms with E-state index in [9.17, 15) is 4.79 Å². The number of aromatic nitrogens is 4. The lowest BCUT2D eigenvalue weighted by Gasteiger charge is -2.34. The van der Waals surface area contributed by atoms with Crippen LogP contribution < -0.4 is 0 Å². The van der Waals surface area contributed by atoms with Gasteiger partial charge in [0, 0.05) is 51.2 Å². The Labute approximate surface area is 148 Å². The van der Waals surface area contributed by atoms with E-state index in [1.807, 2.05) is 17.3 Å². The van der Waals surface area contributed by atoms with E-state index in [2.05, 4.69) is 33.5 Å². The van der Waals surface area contributed by atoms with Gasteiger partial charge in [0.05, 0.1) is 6.04 Å². The highest BCUT2D eigenvalue weighted by atomic mass is 16.5. The fraction of sp³-hybridized carbons (Fsp3) is 0.667. The molecule has 2 aromatic heterocycles. The van der Waals surface area contributed by atoms with E-state index in [-0.39, 0.29) is 5.91 Å². The molecule has 0 spiro atoms. The number of amides is 1. The SMILES string of the molecule is CCCc1noc(CCC(=O)N2CCC[C@@H](n3ccnc3CC)C2)n1. The first-order valence-electron chi connectivity index (χ1n) is 9.32. The minimum absolute atomic E-state index is 0.165. The second-order valence-electron chi connectivity index (χ2n) is 6.59.